The van der Waals surface area contributed by atoms with E-state index in [1.54, 1.807) is 30.3 Å². The fourth-order valence-electron chi connectivity index (χ4n) is 1.12. The normalized spacial score (nSPS) is 11.9. The highest BCUT2D eigenvalue weighted by molar-refractivity contribution is 5.89. The number of carbonyl (C=O) groups is 1. The van der Waals surface area contributed by atoms with Crippen LogP contribution in [0.1, 0.15) is 16.8 Å². The fourth-order valence-corrected chi connectivity index (χ4v) is 1.12. The van der Waals surface area contributed by atoms with Crippen molar-refractivity contribution >= 4 is 5.97 Å². The zero-order chi connectivity index (χ0) is 12.0. The number of esters is 1. The van der Waals surface area contributed by atoms with Gasteiger partial charge in [0.15, 0.2) is 6.36 Å². The number of hydrogen-bond donors (Lipinski definition) is 1. The Morgan fingerprint density at radius 1 is 1.44 bits per heavy atom. The number of carbonyl (C=O) groups excluding carboxylic acids is 1. The van der Waals surface area contributed by atoms with Gasteiger partial charge in [0.2, 0.25) is 0 Å². The summed E-state index contributed by atoms with van der Waals surface area (Å²) in [6, 6.07) is 8.47. The van der Waals surface area contributed by atoms with E-state index in [1.807, 2.05) is 0 Å². The van der Waals surface area contributed by atoms with Crippen LogP contribution in [0.5, 0.6) is 0 Å². The lowest BCUT2D eigenvalue weighted by atomic mass is 10.2. The molecule has 0 aliphatic rings. The number of rotatable bonds is 5. The summed E-state index contributed by atoms with van der Waals surface area (Å²) in [4.78, 5) is 11.4. The molecule has 0 saturated carbocycles. The van der Waals surface area contributed by atoms with Crippen LogP contribution >= 0.6 is 0 Å². The summed E-state index contributed by atoms with van der Waals surface area (Å²) in [6.07, 6.45) is -2.18. The highest BCUT2D eigenvalue weighted by atomic mass is 19.1. The van der Waals surface area contributed by atoms with Gasteiger partial charge in [-0.15, -0.1) is 0 Å². The molecule has 0 spiro atoms. The van der Waals surface area contributed by atoms with E-state index in [9.17, 15) is 9.18 Å². The molecule has 1 aromatic rings. The zero-order valence-electron chi connectivity index (χ0n) is 8.73. The summed E-state index contributed by atoms with van der Waals surface area (Å²) < 4.78 is 17.0. The molecule has 0 heterocycles. The molecular weight excluding hydrogens is 211 g/mol. The van der Waals surface area contributed by atoms with Crippen LogP contribution < -0.4 is 0 Å². The van der Waals surface area contributed by atoms with Gasteiger partial charge >= 0.3 is 5.97 Å². The van der Waals surface area contributed by atoms with Gasteiger partial charge in [-0.05, 0) is 17.7 Å². The molecule has 0 saturated heterocycles. The van der Waals surface area contributed by atoms with Crippen molar-refractivity contribution in [3.05, 3.63) is 48.0 Å². The van der Waals surface area contributed by atoms with Crippen molar-refractivity contribution in [2.45, 2.75) is 12.8 Å². The number of aliphatic hydroxyl groups is 1. The number of ether oxygens (including phenoxy) is 1. The summed E-state index contributed by atoms with van der Waals surface area (Å²) >= 11 is 0. The van der Waals surface area contributed by atoms with E-state index in [0.717, 1.165) is 0 Å². The summed E-state index contributed by atoms with van der Waals surface area (Å²) in [5.41, 5.74) is 0.760. The topological polar surface area (TPSA) is 46.5 Å². The average molecular weight is 224 g/mol. The smallest absolute Gasteiger partial charge is 0.338 e. The summed E-state index contributed by atoms with van der Waals surface area (Å²) in [7, 11) is 0. The lowest BCUT2D eigenvalue weighted by Gasteiger charge is -2.07. The standard InChI is InChI=1S/C12H13FO3/c1-9(7-11(13)14)8-16-12(15)10-5-3-2-4-6-10/h2-6,11,14H,1,7-8H2. The fraction of sp³-hybridized carbons (Fsp3) is 0.250. The minimum atomic E-state index is -1.96. The number of hydrogen-bond acceptors (Lipinski definition) is 3. The number of benzene rings is 1. The van der Waals surface area contributed by atoms with Gasteiger partial charge in [0.05, 0.1) is 5.56 Å². The van der Waals surface area contributed by atoms with E-state index >= 15 is 0 Å². The van der Waals surface area contributed by atoms with E-state index < -0.39 is 12.3 Å². The van der Waals surface area contributed by atoms with Gasteiger partial charge in [-0.25, -0.2) is 9.18 Å². The molecule has 0 aromatic heterocycles. The molecule has 1 N–H and O–H groups in total. The molecule has 3 nitrogen and oxygen atoms in total. The van der Waals surface area contributed by atoms with Crippen LogP contribution in [0.2, 0.25) is 0 Å². The number of aliphatic hydroxyl groups excluding tert-OH is 1. The molecule has 16 heavy (non-hydrogen) atoms. The Hall–Kier alpha value is -1.68. The molecule has 1 aromatic carbocycles. The molecule has 1 unspecified atom stereocenters. The van der Waals surface area contributed by atoms with Gasteiger partial charge in [0.25, 0.3) is 0 Å². The highest BCUT2D eigenvalue weighted by Gasteiger charge is 2.08. The van der Waals surface area contributed by atoms with Crippen LogP contribution in [-0.4, -0.2) is 24.0 Å². The van der Waals surface area contributed by atoms with Crippen molar-refractivity contribution < 1.29 is 19.0 Å². The Kier molecular flexibility index (Phi) is 4.66. The second kappa shape index (κ2) is 6.02. The third kappa shape index (κ3) is 4.23. The Labute approximate surface area is 93.2 Å². The van der Waals surface area contributed by atoms with Crippen molar-refractivity contribution in [3.63, 3.8) is 0 Å². The summed E-state index contributed by atoms with van der Waals surface area (Å²) in [6.45, 7) is 3.39. The van der Waals surface area contributed by atoms with Crippen LogP contribution in [0.4, 0.5) is 4.39 Å². The van der Waals surface area contributed by atoms with Crippen LogP contribution in [0.15, 0.2) is 42.5 Å². The molecule has 0 amide bonds. The van der Waals surface area contributed by atoms with Gasteiger partial charge in [-0.2, -0.15) is 0 Å². The first-order chi connectivity index (χ1) is 7.59. The van der Waals surface area contributed by atoms with E-state index in [1.165, 1.54) is 0 Å². The Balaban J connectivity index is 2.39. The van der Waals surface area contributed by atoms with Gasteiger partial charge in [-0.1, -0.05) is 24.8 Å². The SMILES string of the molecule is C=C(COC(=O)c1ccccc1)CC(O)F. The van der Waals surface area contributed by atoms with Gasteiger partial charge in [-0.3, -0.25) is 0 Å². The molecular formula is C12H13FO3. The minimum absolute atomic E-state index is 0.0886. The van der Waals surface area contributed by atoms with Gasteiger partial charge < -0.3 is 9.84 Å². The van der Waals surface area contributed by atoms with Crippen LogP contribution in [-0.2, 0) is 4.74 Å². The van der Waals surface area contributed by atoms with Gasteiger partial charge in [0.1, 0.15) is 6.61 Å². The second-order valence-corrected chi connectivity index (χ2v) is 3.33. The Bertz CT molecular complexity index is 360. The predicted molar refractivity (Wildman–Crippen MR) is 57.6 cm³/mol. The van der Waals surface area contributed by atoms with Crippen molar-refractivity contribution in [2.75, 3.05) is 6.61 Å². The first kappa shape index (κ1) is 12.4. The molecule has 0 radical (unpaired) electrons. The molecule has 1 atom stereocenters. The van der Waals surface area contributed by atoms with Crippen molar-refractivity contribution in [1.29, 1.82) is 0 Å². The molecule has 4 heteroatoms. The van der Waals surface area contributed by atoms with Crippen molar-refractivity contribution in [3.8, 4) is 0 Å². The van der Waals surface area contributed by atoms with Crippen LogP contribution in [0.25, 0.3) is 0 Å². The maximum absolute atomic E-state index is 12.2. The third-order valence-electron chi connectivity index (χ3n) is 1.87. The number of halogens is 1. The molecule has 0 fully saturated rings. The number of alkyl halides is 1. The highest BCUT2D eigenvalue weighted by Crippen LogP contribution is 2.07. The largest absolute Gasteiger partial charge is 0.458 e. The maximum Gasteiger partial charge on any atom is 0.338 e. The Morgan fingerprint density at radius 2 is 2.06 bits per heavy atom. The average Bonchev–Trinajstić information content (AvgIpc) is 2.26. The lowest BCUT2D eigenvalue weighted by molar-refractivity contribution is 0.0351. The lowest BCUT2D eigenvalue weighted by Crippen LogP contribution is -2.10. The van der Waals surface area contributed by atoms with Crippen LogP contribution in [0.3, 0.4) is 0 Å². The van der Waals surface area contributed by atoms with E-state index in [-0.39, 0.29) is 13.0 Å². The summed E-state index contributed by atoms with van der Waals surface area (Å²) in [5.74, 6) is -0.491. The predicted octanol–water partition coefficient (Wildman–Crippen LogP) is 2.08. The van der Waals surface area contributed by atoms with Crippen molar-refractivity contribution in [1.82, 2.24) is 0 Å². The molecule has 0 aliphatic heterocycles. The quantitative estimate of drug-likeness (QED) is 0.615. The van der Waals surface area contributed by atoms with Gasteiger partial charge in [0, 0.05) is 6.42 Å². The maximum atomic E-state index is 12.2. The molecule has 0 bridgehead atoms. The molecule has 0 aliphatic carbocycles. The zero-order valence-corrected chi connectivity index (χ0v) is 8.73. The first-order valence-electron chi connectivity index (χ1n) is 4.80. The van der Waals surface area contributed by atoms with E-state index in [2.05, 4.69) is 6.58 Å². The van der Waals surface area contributed by atoms with E-state index in [0.29, 0.717) is 11.1 Å². The second-order valence-electron chi connectivity index (χ2n) is 3.33. The Morgan fingerprint density at radius 3 is 2.62 bits per heavy atom. The van der Waals surface area contributed by atoms with E-state index in [4.69, 9.17) is 9.84 Å². The van der Waals surface area contributed by atoms with Crippen LogP contribution in [0, 0.1) is 0 Å². The van der Waals surface area contributed by atoms with Crippen molar-refractivity contribution in [2.24, 2.45) is 0 Å². The monoisotopic (exact) mass is 224 g/mol. The third-order valence-corrected chi connectivity index (χ3v) is 1.87. The summed E-state index contributed by atoms with van der Waals surface area (Å²) in [5, 5.41) is 8.44. The molecule has 86 valence electrons. The molecule has 1 rings (SSSR count). The minimum Gasteiger partial charge on any atom is -0.458 e. The first-order valence-corrected chi connectivity index (χ1v) is 4.80.